The molecule has 0 radical (unpaired) electrons. The van der Waals surface area contributed by atoms with E-state index in [9.17, 15) is 15.0 Å². The quantitative estimate of drug-likeness (QED) is 0.554. The van der Waals surface area contributed by atoms with Crippen molar-refractivity contribution < 1.29 is 19.7 Å². The molecular formula is C22H34O4. The molecule has 0 spiro atoms. The monoisotopic (exact) mass is 362 g/mol. The lowest BCUT2D eigenvalue weighted by atomic mass is 9.43. The summed E-state index contributed by atoms with van der Waals surface area (Å²) in [4.78, 5) is 11.4. The summed E-state index contributed by atoms with van der Waals surface area (Å²) in [5.41, 5.74) is 1.49. The molecule has 1 unspecified atom stereocenters. The van der Waals surface area contributed by atoms with Gasteiger partial charge in [0.15, 0.2) is 0 Å². The van der Waals surface area contributed by atoms with Crippen molar-refractivity contribution in [2.75, 3.05) is 0 Å². The molecule has 0 aromatic carbocycles. The van der Waals surface area contributed by atoms with Crippen LogP contribution >= 0.6 is 0 Å². The average Bonchev–Trinajstić information content (AvgIpc) is 2.88. The van der Waals surface area contributed by atoms with Crippen molar-refractivity contribution in [3.63, 3.8) is 0 Å². The minimum atomic E-state index is -0.726. The Balaban J connectivity index is 1.64. The molecule has 4 heteroatoms. The Morgan fingerprint density at radius 2 is 1.81 bits per heavy atom. The van der Waals surface area contributed by atoms with Crippen molar-refractivity contribution in [2.24, 2.45) is 34.5 Å². The highest BCUT2D eigenvalue weighted by Crippen LogP contribution is 2.67. The number of carbonyl (C=O) groups excluding carboxylic acids is 1. The molecule has 4 rings (SSSR count). The molecule has 0 heterocycles. The van der Waals surface area contributed by atoms with Gasteiger partial charge in [0.25, 0.3) is 0 Å². The molecule has 0 bridgehead atoms. The van der Waals surface area contributed by atoms with Gasteiger partial charge in [0, 0.05) is 6.92 Å². The Labute approximate surface area is 157 Å². The van der Waals surface area contributed by atoms with Crippen LogP contribution in [0.25, 0.3) is 0 Å². The van der Waals surface area contributed by atoms with Crippen molar-refractivity contribution in [2.45, 2.75) is 84.0 Å². The van der Waals surface area contributed by atoms with Crippen LogP contribution in [-0.2, 0) is 9.53 Å². The van der Waals surface area contributed by atoms with Gasteiger partial charge in [-0.2, -0.15) is 0 Å². The maximum atomic E-state index is 11.4. The molecular weight excluding hydrogens is 328 g/mol. The number of hydrogen-bond acceptors (Lipinski definition) is 4. The Kier molecular flexibility index (Phi) is 4.31. The van der Waals surface area contributed by atoms with Gasteiger partial charge in [-0.3, -0.25) is 4.79 Å². The molecule has 146 valence electrons. The third-order valence-corrected chi connectivity index (χ3v) is 8.99. The summed E-state index contributed by atoms with van der Waals surface area (Å²) < 4.78 is 5.46. The second kappa shape index (κ2) is 6.07. The molecule has 4 nitrogen and oxygen atoms in total. The van der Waals surface area contributed by atoms with Gasteiger partial charge in [-0.05, 0) is 79.4 Å². The second-order valence-electron chi connectivity index (χ2n) is 9.99. The number of esters is 1. The normalized spacial score (nSPS) is 53.4. The number of aliphatic hydroxyl groups excluding tert-OH is 2. The first kappa shape index (κ1) is 18.5. The molecule has 0 aliphatic heterocycles. The highest BCUT2D eigenvalue weighted by Gasteiger charge is 2.64. The molecule has 4 saturated carbocycles. The zero-order valence-corrected chi connectivity index (χ0v) is 16.4. The lowest BCUT2D eigenvalue weighted by Crippen LogP contribution is -2.64. The van der Waals surface area contributed by atoms with E-state index in [1.165, 1.54) is 12.5 Å². The zero-order chi connectivity index (χ0) is 18.9. The summed E-state index contributed by atoms with van der Waals surface area (Å²) in [6.07, 6.45) is 5.38. The number of carbonyl (C=O) groups is 1. The smallest absolute Gasteiger partial charge is 0.302 e. The van der Waals surface area contributed by atoms with Crippen LogP contribution in [0.1, 0.15) is 65.7 Å². The van der Waals surface area contributed by atoms with E-state index in [0.29, 0.717) is 18.3 Å². The Hall–Kier alpha value is -0.870. The van der Waals surface area contributed by atoms with Gasteiger partial charge in [0.1, 0.15) is 6.10 Å². The number of aliphatic hydroxyl groups is 2. The van der Waals surface area contributed by atoms with Crippen LogP contribution in [0.15, 0.2) is 12.2 Å². The molecule has 26 heavy (non-hydrogen) atoms. The number of rotatable bonds is 1. The number of ether oxygens (including phenoxy) is 1. The van der Waals surface area contributed by atoms with E-state index < -0.39 is 12.2 Å². The van der Waals surface area contributed by atoms with Crippen molar-refractivity contribution in [3.8, 4) is 0 Å². The Morgan fingerprint density at radius 3 is 2.50 bits per heavy atom. The average molecular weight is 363 g/mol. The highest BCUT2D eigenvalue weighted by molar-refractivity contribution is 5.66. The maximum absolute atomic E-state index is 11.4. The third kappa shape index (κ3) is 2.44. The lowest BCUT2D eigenvalue weighted by molar-refractivity contribution is -0.220. The molecule has 0 saturated heterocycles. The van der Waals surface area contributed by atoms with Crippen LogP contribution in [0.2, 0.25) is 0 Å². The van der Waals surface area contributed by atoms with Crippen LogP contribution in [0.4, 0.5) is 0 Å². The van der Waals surface area contributed by atoms with Crippen molar-refractivity contribution in [1.82, 2.24) is 0 Å². The van der Waals surface area contributed by atoms with Gasteiger partial charge in [0.05, 0.1) is 12.2 Å². The largest absolute Gasteiger partial charge is 0.463 e. The van der Waals surface area contributed by atoms with Crippen molar-refractivity contribution in [1.29, 1.82) is 0 Å². The van der Waals surface area contributed by atoms with Gasteiger partial charge in [-0.25, -0.2) is 0 Å². The Bertz CT molecular complexity index is 615. The minimum absolute atomic E-state index is 0.00538. The van der Waals surface area contributed by atoms with Crippen molar-refractivity contribution >= 4 is 5.97 Å². The summed E-state index contributed by atoms with van der Waals surface area (Å²) in [5, 5.41) is 22.2. The van der Waals surface area contributed by atoms with Crippen LogP contribution in [0, 0.1) is 34.5 Å². The fourth-order valence-corrected chi connectivity index (χ4v) is 7.47. The summed E-state index contributed by atoms with van der Waals surface area (Å²) in [5.74, 6) is 0.788. The van der Waals surface area contributed by atoms with E-state index in [2.05, 4.69) is 20.4 Å². The molecule has 2 N–H and O–H groups in total. The highest BCUT2D eigenvalue weighted by atomic mass is 16.5. The molecule has 9 atom stereocenters. The maximum Gasteiger partial charge on any atom is 0.302 e. The van der Waals surface area contributed by atoms with Gasteiger partial charge < -0.3 is 14.9 Å². The molecule has 0 aromatic rings. The van der Waals surface area contributed by atoms with Gasteiger partial charge in [0.2, 0.25) is 0 Å². The van der Waals surface area contributed by atoms with E-state index >= 15 is 0 Å². The van der Waals surface area contributed by atoms with Gasteiger partial charge >= 0.3 is 5.97 Å². The summed E-state index contributed by atoms with van der Waals surface area (Å²) in [6.45, 7) is 10.4. The van der Waals surface area contributed by atoms with Crippen LogP contribution in [-0.4, -0.2) is 34.5 Å². The van der Waals surface area contributed by atoms with E-state index in [1.54, 1.807) is 0 Å². The van der Waals surface area contributed by atoms with Crippen LogP contribution < -0.4 is 0 Å². The first-order valence-electron chi connectivity index (χ1n) is 10.4. The van der Waals surface area contributed by atoms with Gasteiger partial charge in [-0.1, -0.05) is 26.0 Å². The van der Waals surface area contributed by atoms with E-state index in [0.717, 1.165) is 38.5 Å². The third-order valence-electron chi connectivity index (χ3n) is 8.99. The zero-order valence-electron chi connectivity index (χ0n) is 16.4. The fraction of sp³-hybridized carbons (Fsp3) is 0.864. The lowest BCUT2D eigenvalue weighted by Gasteiger charge is -2.63. The first-order valence-corrected chi connectivity index (χ1v) is 10.4. The minimum Gasteiger partial charge on any atom is -0.463 e. The van der Waals surface area contributed by atoms with Gasteiger partial charge in [-0.15, -0.1) is 0 Å². The predicted octanol–water partition coefficient (Wildman–Crippen LogP) is 3.46. The summed E-state index contributed by atoms with van der Waals surface area (Å²) in [6, 6.07) is 0. The molecule has 4 fully saturated rings. The predicted molar refractivity (Wildman–Crippen MR) is 99.2 cm³/mol. The number of fused-ring (bicyclic) bond motifs is 5. The summed E-state index contributed by atoms with van der Waals surface area (Å²) in [7, 11) is 0. The second-order valence-corrected chi connectivity index (χ2v) is 9.99. The molecule has 4 aliphatic carbocycles. The molecule has 4 aliphatic rings. The van der Waals surface area contributed by atoms with Crippen LogP contribution in [0.5, 0.6) is 0 Å². The Morgan fingerprint density at radius 1 is 1.08 bits per heavy atom. The number of hydrogen-bond donors (Lipinski definition) is 2. The molecule has 0 amide bonds. The molecule has 0 aromatic heterocycles. The van der Waals surface area contributed by atoms with Crippen LogP contribution in [0.3, 0.4) is 0 Å². The van der Waals surface area contributed by atoms with Crippen molar-refractivity contribution in [3.05, 3.63) is 12.2 Å². The standard InChI is InChI=1S/C22H34O4/c1-12-5-6-15-18-16(8-10-21(12,15)3)22(4)9-7-14(26-13(2)23)11-17(22)19(24)20(18)25/h14-20,24-25H,1,5-11H2,2-4H3/t14-,15-,16?,17+,18-,19+,20+,21+,22+/m0/s1. The first-order chi connectivity index (χ1) is 12.2. The van der Waals surface area contributed by atoms with E-state index in [4.69, 9.17) is 4.74 Å². The van der Waals surface area contributed by atoms with E-state index in [1.807, 2.05) is 0 Å². The fourth-order valence-electron chi connectivity index (χ4n) is 7.47. The SMILES string of the molecule is C=C1CC[C@H]2[C@H]3C(CC[C@]12C)[C@@]1(C)CC[C@H](OC(C)=O)C[C@@H]1[C@@H](O)[C@@H]3O. The number of allylic oxidation sites excluding steroid dienone is 1. The topological polar surface area (TPSA) is 66.8 Å². The summed E-state index contributed by atoms with van der Waals surface area (Å²) >= 11 is 0. The van der Waals surface area contributed by atoms with E-state index in [-0.39, 0.29) is 34.7 Å².